The van der Waals surface area contributed by atoms with Crippen LogP contribution in [0.5, 0.6) is 0 Å². The molecule has 0 saturated carbocycles. The Bertz CT molecular complexity index is 668. The molecule has 4 atom stereocenters. The molecule has 29 heavy (non-hydrogen) atoms. The lowest BCUT2D eigenvalue weighted by Gasteiger charge is -2.32. The van der Waals surface area contributed by atoms with Crippen LogP contribution in [-0.4, -0.2) is 24.9 Å². The summed E-state index contributed by atoms with van der Waals surface area (Å²) in [6.07, 6.45) is 4.65. The molecule has 0 aromatic heterocycles. The molecule has 6 heteroatoms. The fourth-order valence-corrected chi connectivity index (χ4v) is 3.95. The molecule has 1 aliphatic heterocycles. The number of nitrogens with zero attached hydrogens (tertiary/aromatic N) is 2. The molecule has 1 heterocycles. The Morgan fingerprint density at radius 3 is 2.45 bits per heavy atom. The Hall–Kier alpha value is -2.05. The zero-order valence-corrected chi connectivity index (χ0v) is 18.9. The minimum atomic E-state index is 0.108. The number of amides is 1. The smallest absolute Gasteiger partial charge is 0.220 e. The van der Waals surface area contributed by atoms with Crippen molar-refractivity contribution in [3.05, 3.63) is 35.4 Å². The summed E-state index contributed by atoms with van der Waals surface area (Å²) in [6, 6.07) is 8.32. The van der Waals surface area contributed by atoms with E-state index in [9.17, 15) is 4.79 Å². The highest BCUT2D eigenvalue weighted by atomic mass is 16.1. The first-order chi connectivity index (χ1) is 14.0. The van der Waals surface area contributed by atoms with E-state index in [0.29, 0.717) is 30.7 Å². The van der Waals surface area contributed by atoms with Crippen molar-refractivity contribution in [2.75, 3.05) is 7.05 Å². The second kappa shape index (κ2) is 13.2. The first-order valence-electron chi connectivity index (χ1n) is 10.8. The Balaban J connectivity index is 0.00000204. The summed E-state index contributed by atoms with van der Waals surface area (Å²) in [4.78, 5) is 11.7. The van der Waals surface area contributed by atoms with Gasteiger partial charge in [-0.1, -0.05) is 65.3 Å². The van der Waals surface area contributed by atoms with Gasteiger partial charge in [0.15, 0.2) is 0 Å². The SMILES string of the molecule is CC.CCC(CC(C)CC(=O)NC)C1C=NN=C(c2ccc(CNN)cc2)C1C. The van der Waals surface area contributed by atoms with E-state index in [0.717, 1.165) is 29.7 Å². The highest BCUT2D eigenvalue weighted by molar-refractivity contribution is 6.04. The summed E-state index contributed by atoms with van der Waals surface area (Å²) in [7, 11) is 1.69. The summed E-state index contributed by atoms with van der Waals surface area (Å²) >= 11 is 0. The van der Waals surface area contributed by atoms with E-state index in [1.165, 1.54) is 0 Å². The fraction of sp³-hybridized carbons (Fsp3) is 0.609. The molecule has 1 aromatic carbocycles. The Morgan fingerprint density at radius 2 is 1.90 bits per heavy atom. The highest BCUT2D eigenvalue weighted by Gasteiger charge is 2.31. The normalized spacial score (nSPS) is 20.2. The molecule has 0 radical (unpaired) electrons. The molecule has 0 spiro atoms. The third kappa shape index (κ3) is 7.37. The van der Waals surface area contributed by atoms with E-state index in [4.69, 9.17) is 5.84 Å². The first-order valence-corrected chi connectivity index (χ1v) is 10.8. The molecule has 4 N–H and O–H groups in total. The Kier molecular flexibility index (Phi) is 11.4. The van der Waals surface area contributed by atoms with Crippen molar-refractivity contribution in [2.24, 2.45) is 39.7 Å². The van der Waals surface area contributed by atoms with Crippen molar-refractivity contribution in [3.63, 3.8) is 0 Å². The van der Waals surface area contributed by atoms with Gasteiger partial charge < -0.3 is 5.32 Å². The van der Waals surface area contributed by atoms with E-state index < -0.39 is 0 Å². The largest absolute Gasteiger partial charge is 0.359 e. The zero-order chi connectivity index (χ0) is 21.8. The second-order valence-corrected chi connectivity index (χ2v) is 7.58. The van der Waals surface area contributed by atoms with E-state index in [-0.39, 0.29) is 11.8 Å². The summed E-state index contributed by atoms with van der Waals surface area (Å²) in [5, 5.41) is 11.5. The molecule has 0 fully saturated rings. The van der Waals surface area contributed by atoms with E-state index >= 15 is 0 Å². The maximum Gasteiger partial charge on any atom is 0.220 e. The van der Waals surface area contributed by atoms with Crippen LogP contribution in [0.2, 0.25) is 0 Å². The Labute approximate surface area is 176 Å². The number of benzene rings is 1. The zero-order valence-electron chi connectivity index (χ0n) is 18.9. The van der Waals surface area contributed by atoms with Crippen LogP contribution >= 0.6 is 0 Å². The third-order valence-electron chi connectivity index (χ3n) is 5.56. The van der Waals surface area contributed by atoms with Gasteiger partial charge in [-0.15, -0.1) is 0 Å². The molecule has 162 valence electrons. The number of hydrogen-bond donors (Lipinski definition) is 3. The number of hydrogen-bond acceptors (Lipinski definition) is 5. The van der Waals surface area contributed by atoms with Gasteiger partial charge >= 0.3 is 0 Å². The molecule has 1 aromatic rings. The maximum atomic E-state index is 11.7. The molecular formula is C23H39N5O. The van der Waals surface area contributed by atoms with Crippen LogP contribution < -0.4 is 16.6 Å². The van der Waals surface area contributed by atoms with Gasteiger partial charge in [-0.3, -0.25) is 16.1 Å². The summed E-state index contributed by atoms with van der Waals surface area (Å²) in [5.41, 5.74) is 5.96. The van der Waals surface area contributed by atoms with Crippen LogP contribution in [0.15, 0.2) is 34.5 Å². The number of rotatable bonds is 9. The molecule has 1 amide bonds. The first kappa shape index (κ1) is 25.0. The summed E-state index contributed by atoms with van der Waals surface area (Å²) in [5.74, 6) is 6.95. The number of hydrazine groups is 1. The van der Waals surface area contributed by atoms with Crippen molar-refractivity contribution in [3.8, 4) is 0 Å². The Morgan fingerprint density at radius 1 is 1.24 bits per heavy atom. The monoisotopic (exact) mass is 401 g/mol. The van der Waals surface area contributed by atoms with Crippen LogP contribution in [0.25, 0.3) is 0 Å². The second-order valence-electron chi connectivity index (χ2n) is 7.58. The van der Waals surface area contributed by atoms with Crippen molar-refractivity contribution >= 4 is 17.8 Å². The van der Waals surface area contributed by atoms with Gasteiger partial charge in [-0.05, 0) is 29.4 Å². The molecule has 1 aliphatic rings. The van der Waals surface area contributed by atoms with Gasteiger partial charge in [0.2, 0.25) is 5.91 Å². The van der Waals surface area contributed by atoms with E-state index in [1.54, 1.807) is 7.05 Å². The highest BCUT2D eigenvalue weighted by Crippen LogP contribution is 2.33. The average molecular weight is 402 g/mol. The van der Waals surface area contributed by atoms with Crippen molar-refractivity contribution in [1.82, 2.24) is 10.7 Å². The predicted molar refractivity (Wildman–Crippen MR) is 123 cm³/mol. The predicted octanol–water partition coefficient (Wildman–Crippen LogP) is 3.91. The van der Waals surface area contributed by atoms with Gasteiger partial charge in [0.25, 0.3) is 0 Å². The number of nitrogens with one attached hydrogen (secondary N) is 2. The molecule has 0 bridgehead atoms. The lowest BCUT2D eigenvalue weighted by Crippen LogP contribution is -2.33. The molecule has 0 saturated heterocycles. The van der Waals surface area contributed by atoms with Crippen LogP contribution in [0.3, 0.4) is 0 Å². The molecule has 6 nitrogen and oxygen atoms in total. The summed E-state index contributed by atoms with van der Waals surface area (Å²) < 4.78 is 0. The van der Waals surface area contributed by atoms with Crippen molar-refractivity contribution in [1.29, 1.82) is 0 Å². The summed E-state index contributed by atoms with van der Waals surface area (Å²) in [6.45, 7) is 11.2. The minimum Gasteiger partial charge on any atom is -0.359 e. The molecular weight excluding hydrogens is 362 g/mol. The molecule has 2 rings (SSSR count). The van der Waals surface area contributed by atoms with Gasteiger partial charge in [-0.25, -0.2) is 0 Å². The number of carbonyl (C=O) groups excluding carboxylic acids is 1. The van der Waals surface area contributed by atoms with Crippen LogP contribution in [0.4, 0.5) is 0 Å². The molecule has 4 unspecified atom stereocenters. The van der Waals surface area contributed by atoms with E-state index in [2.05, 4.69) is 66.0 Å². The minimum absolute atomic E-state index is 0.108. The molecule has 0 aliphatic carbocycles. The quantitative estimate of drug-likeness (QED) is 0.433. The lowest BCUT2D eigenvalue weighted by atomic mass is 9.74. The van der Waals surface area contributed by atoms with Crippen LogP contribution in [0, 0.1) is 23.7 Å². The van der Waals surface area contributed by atoms with Crippen molar-refractivity contribution < 1.29 is 4.79 Å². The van der Waals surface area contributed by atoms with Gasteiger partial charge in [0, 0.05) is 38.1 Å². The maximum absolute atomic E-state index is 11.7. The average Bonchev–Trinajstić information content (AvgIpc) is 2.74. The van der Waals surface area contributed by atoms with Crippen LogP contribution in [-0.2, 0) is 11.3 Å². The standard InChI is InChI=1S/C21H33N5O.C2H6/c1-5-17(10-14(2)11-20(27)23-4)19-13-25-26-21(15(19)3)18-8-6-16(7-9-18)12-24-22;1-2/h6-9,13-15,17,19,24H,5,10-12,22H2,1-4H3,(H,23,27);1-2H3. The topological polar surface area (TPSA) is 91.9 Å². The van der Waals surface area contributed by atoms with Crippen LogP contribution in [0.1, 0.15) is 65.0 Å². The number of nitrogens with two attached hydrogens (primary N) is 1. The number of carbonyl (C=O) groups is 1. The third-order valence-corrected chi connectivity index (χ3v) is 5.56. The van der Waals surface area contributed by atoms with E-state index in [1.807, 2.05) is 20.1 Å². The van der Waals surface area contributed by atoms with Crippen molar-refractivity contribution in [2.45, 2.75) is 60.4 Å². The van der Waals surface area contributed by atoms with Gasteiger partial charge in [-0.2, -0.15) is 10.2 Å². The lowest BCUT2D eigenvalue weighted by molar-refractivity contribution is -0.121. The van der Waals surface area contributed by atoms with Gasteiger partial charge in [0.1, 0.15) is 0 Å². The van der Waals surface area contributed by atoms with Gasteiger partial charge in [0.05, 0.1) is 5.71 Å². The fourth-order valence-electron chi connectivity index (χ4n) is 3.95.